The fraction of sp³-hybridized carbons (Fsp3) is 0.349. The number of benzene rings is 5. The summed E-state index contributed by atoms with van der Waals surface area (Å²) < 4.78 is 34.3. The first-order chi connectivity index (χ1) is 24.0. The molecule has 1 N–H and O–H groups in total. The summed E-state index contributed by atoms with van der Waals surface area (Å²) >= 11 is 0. The Morgan fingerprint density at radius 2 is 1.18 bits per heavy atom. The standard InChI is InChI=1S/C43H53N3O3S/c1-9-44(10-2)35-21-18-32(19-22-35)43(37-25-23-36(26-30(37)7)45(11-3)12-4)39-29-40(41(27-31(39)8)46(13-5)14-6)34-20-24-38-33(28-34)16-15-17-42(38)50(47,48)49/h15-29,43H,9-14H2,1-8H3,(H,47,48,49). The summed E-state index contributed by atoms with van der Waals surface area (Å²) in [5.41, 5.74) is 11.9. The van der Waals surface area contributed by atoms with Gasteiger partial charge in [0.25, 0.3) is 10.1 Å². The minimum Gasteiger partial charge on any atom is -0.372 e. The normalized spacial score (nSPS) is 12.3. The predicted molar refractivity (Wildman–Crippen MR) is 213 cm³/mol. The van der Waals surface area contributed by atoms with Gasteiger partial charge in [-0.2, -0.15) is 8.42 Å². The SMILES string of the molecule is CCN(CC)c1ccc(C(c2ccc(N(CC)CC)cc2C)c2cc(-c3ccc4c(S(=O)(=O)O)cccc4c3)c(N(CC)CC)cc2C)cc1. The molecule has 0 spiro atoms. The Balaban J connectivity index is 1.78. The van der Waals surface area contributed by atoms with Crippen molar-refractivity contribution in [1.29, 1.82) is 0 Å². The zero-order chi connectivity index (χ0) is 36.2. The molecule has 5 aromatic rings. The van der Waals surface area contributed by atoms with Crippen molar-refractivity contribution in [2.45, 2.75) is 66.2 Å². The number of rotatable bonds is 14. The van der Waals surface area contributed by atoms with Crippen molar-refractivity contribution in [3.8, 4) is 11.1 Å². The van der Waals surface area contributed by atoms with Crippen molar-refractivity contribution in [2.75, 3.05) is 54.0 Å². The molecule has 0 saturated heterocycles. The molecule has 5 aromatic carbocycles. The Hall–Kier alpha value is -4.33. The van der Waals surface area contributed by atoms with Crippen LogP contribution in [0.3, 0.4) is 0 Å². The molecule has 0 aliphatic rings. The van der Waals surface area contributed by atoms with Crippen LogP contribution >= 0.6 is 0 Å². The Morgan fingerprint density at radius 1 is 0.600 bits per heavy atom. The Kier molecular flexibility index (Phi) is 11.6. The monoisotopic (exact) mass is 691 g/mol. The molecule has 0 aliphatic carbocycles. The van der Waals surface area contributed by atoms with Crippen LogP contribution in [0, 0.1) is 13.8 Å². The fourth-order valence-corrected chi connectivity index (χ4v) is 8.20. The second kappa shape index (κ2) is 15.7. The van der Waals surface area contributed by atoms with E-state index in [1.165, 1.54) is 45.3 Å². The Bertz CT molecular complexity index is 2050. The van der Waals surface area contributed by atoms with Crippen LogP contribution in [0.2, 0.25) is 0 Å². The summed E-state index contributed by atoms with van der Waals surface area (Å²) in [4.78, 5) is 7.06. The molecule has 0 saturated carbocycles. The van der Waals surface area contributed by atoms with E-state index in [2.05, 4.69) is 125 Å². The summed E-state index contributed by atoms with van der Waals surface area (Å²) in [5, 5.41) is 1.27. The molecule has 0 fully saturated rings. The summed E-state index contributed by atoms with van der Waals surface area (Å²) in [6, 6.07) is 31.6. The second-order valence-electron chi connectivity index (χ2n) is 13.0. The van der Waals surface area contributed by atoms with Gasteiger partial charge in [-0.05, 0) is 143 Å². The minimum absolute atomic E-state index is 0.0115. The Labute approximate surface area is 300 Å². The molecular weight excluding hydrogens is 639 g/mol. The molecule has 0 bridgehead atoms. The molecule has 1 unspecified atom stereocenters. The fourth-order valence-electron chi connectivity index (χ4n) is 7.49. The minimum atomic E-state index is -4.36. The predicted octanol–water partition coefficient (Wildman–Crippen LogP) is 10.1. The summed E-state index contributed by atoms with van der Waals surface area (Å²) in [5.74, 6) is -0.0115. The van der Waals surface area contributed by atoms with Crippen LogP contribution in [0.5, 0.6) is 0 Å². The lowest BCUT2D eigenvalue weighted by Gasteiger charge is -2.30. The van der Waals surface area contributed by atoms with Gasteiger partial charge in [-0.15, -0.1) is 0 Å². The first-order valence-electron chi connectivity index (χ1n) is 18.1. The third-order valence-corrected chi connectivity index (χ3v) is 11.2. The third-order valence-electron chi connectivity index (χ3n) is 10.3. The Morgan fingerprint density at radius 3 is 1.76 bits per heavy atom. The van der Waals surface area contributed by atoms with Gasteiger partial charge >= 0.3 is 0 Å². The number of anilines is 3. The van der Waals surface area contributed by atoms with E-state index in [0.29, 0.717) is 5.39 Å². The average molecular weight is 692 g/mol. The van der Waals surface area contributed by atoms with Crippen molar-refractivity contribution in [3.05, 3.63) is 119 Å². The molecular formula is C43H53N3O3S. The van der Waals surface area contributed by atoms with Crippen molar-refractivity contribution < 1.29 is 13.0 Å². The van der Waals surface area contributed by atoms with Crippen LogP contribution in [-0.2, 0) is 10.1 Å². The van der Waals surface area contributed by atoms with E-state index in [9.17, 15) is 13.0 Å². The topological polar surface area (TPSA) is 64.1 Å². The van der Waals surface area contributed by atoms with Crippen LogP contribution in [0.1, 0.15) is 75.3 Å². The molecule has 0 aromatic heterocycles. The van der Waals surface area contributed by atoms with Gasteiger partial charge in [0.1, 0.15) is 4.90 Å². The molecule has 0 heterocycles. The maximum atomic E-state index is 12.2. The molecule has 7 heteroatoms. The molecule has 1 atom stereocenters. The van der Waals surface area contributed by atoms with Crippen LogP contribution < -0.4 is 14.7 Å². The van der Waals surface area contributed by atoms with E-state index < -0.39 is 10.1 Å². The van der Waals surface area contributed by atoms with Gasteiger partial charge in [0.05, 0.1) is 0 Å². The quantitative estimate of drug-likeness (QED) is 0.0924. The van der Waals surface area contributed by atoms with Gasteiger partial charge < -0.3 is 14.7 Å². The zero-order valence-electron chi connectivity index (χ0n) is 31.0. The first kappa shape index (κ1) is 36.9. The number of hydrogen-bond donors (Lipinski definition) is 1. The lowest BCUT2D eigenvalue weighted by molar-refractivity contribution is 0.484. The largest absolute Gasteiger partial charge is 0.372 e. The van der Waals surface area contributed by atoms with Crippen LogP contribution in [0.4, 0.5) is 17.1 Å². The van der Waals surface area contributed by atoms with E-state index in [0.717, 1.165) is 61.5 Å². The smallest absolute Gasteiger partial charge is 0.295 e. The highest BCUT2D eigenvalue weighted by molar-refractivity contribution is 7.86. The lowest BCUT2D eigenvalue weighted by atomic mass is 9.79. The molecule has 0 radical (unpaired) electrons. The summed E-state index contributed by atoms with van der Waals surface area (Å²) in [6.45, 7) is 23.1. The van der Waals surface area contributed by atoms with E-state index in [4.69, 9.17) is 0 Å². The zero-order valence-corrected chi connectivity index (χ0v) is 31.8. The van der Waals surface area contributed by atoms with E-state index >= 15 is 0 Å². The van der Waals surface area contributed by atoms with Crippen LogP contribution in [0.25, 0.3) is 21.9 Å². The second-order valence-corrected chi connectivity index (χ2v) is 14.4. The maximum absolute atomic E-state index is 12.2. The van der Waals surface area contributed by atoms with E-state index in [1.807, 2.05) is 24.3 Å². The number of aryl methyl sites for hydroxylation is 2. The molecule has 0 amide bonds. The highest BCUT2D eigenvalue weighted by Gasteiger charge is 2.25. The summed E-state index contributed by atoms with van der Waals surface area (Å²) in [7, 11) is -4.36. The molecule has 0 aliphatic heterocycles. The van der Waals surface area contributed by atoms with Gasteiger partial charge in [0, 0.05) is 73.2 Å². The highest BCUT2D eigenvalue weighted by atomic mass is 32.2. The van der Waals surface area contributed by atoms with Crippen LogP contribution in [0.15, 0.2) is 95.9 Å². The van der Waals surface area contributed by atoms with Crippen molar-refractivity contribution >= 4 is 38.0 Å². The van der Waals surface area contributed by atoms with E-state index in [-0.39, 0.29) is 10.8 Å². The van der Waals surface area contributed by atoms with Gasteiger partial charge in [0.2, 0.25) is 0 Å². The summed E-state index contributed by atoms with van der Waals surface area (Å²) in [6.07, 6.45) is 0. The van der Waals surface area contributed by atoms with Gasteiger partial charge in [-0.3, -0.25) is 4.55 Å². The van der Waals surface area contributed by atoms with E-state index in [1.54, 1.807) is 6.07 Å². The third kappa shape index (κ3) is 7.40. The number of nitrogens with zero attached hydrogens (tertiary/aromatic N) is 3. The molecule has 5 rings (SSSR count). The number of fused-ring (bicyclic) bond motifs is 1. The van der Waals surface area contributed by atoms with Gasteiger partial charge in [0.15, 0.2) is 0 Å². The van der Waals surface area contributed by atoms with Crippen molar-refractivity contribution in [1.82, 2.24) is 0 Å². The lowest BCUT2D eigenvalue weighted by Crippen LogP contribution is -2.23. The molecule has 6 nitrogen and oxygen atoms in total. The highest BCUT2D eigenvalue weighted by Crippen LogP contribution is 2.43. The maximum Gasteiger partial charge on any atom is 0.295 e. The van der Waals surface area contributed by atoms with Crippen molar-refractivity contribution in [3.63, 3.8) is 0 Å². The number of hydrogen-bond acceptors (Lipinski definition) is 5. The van der Waals surface area contributed by atoms with Gasteiger partial charge in [-0.25, -0.2) is 0 Å². The van der Waals surface area contributed by atoms with Crippen molar-refractivity contribution in [2.24, 2.45) is 0 Å². The van der Waals surface area contributed by atoms with Crippen LogP contribution in [-0.4, -0.2) is 52.2 Å². The average Bonchev–Trinajstić information content (AvgIpc) is 3.11. The van der Waals surface area contributed by atoms with Gasteiger partial charge in [-0.1, -0.05) is 42.5 Å². The first-order valence-corrected chi connectivity index (χ1v) is 19.5. The molecule has 50 heavy (non-hydrogen) atoms. The molecule has 264 valence electrons.